The lowest BCUT2D eigenvalue weighted by atomic mass is 9.93. The van der Waals surface area contributed by atoms with E-state index >= 15 is 0 Å². The minimum Gasteiger partial charge on any atom is -0.424 e. The Kier molecular flexibility index (Phi) is 10.7. The molecule has 0 N–H and O–H groups in total. The molecule has 3 heteroatoms. The number of alkyl halides is 1. The van der Waals surface area contributed by atoms with Gasteiger partial charge in [0, 0.05) is 0 Å². The van der Waals surface area contributed by atoms with E-state index in [4.69, 9.17) is 4.74 Å². The molecule has 0 bridgehead atoms. The van der Waals surface area contributed by atoms with Crippen LogP contribution in [0.25, 0.3) is 22.3 Å². The molecule has 1 unspecified atom stereocenters. The van der Waals surface area contributed by atoms with E-state index in [0.29, 0.717) is 12.2 Å². The smallest absolute Gasteiger partial charge is 0.348 e. The van der Waals surface area contributed by atoms with Gasteiger partial charge in [-0.2, -0.15) is 0 Å². The summed E-state index contributed by atoms with van der Waals surface area (Å²) in [6.45, 7) is 5.72. The fourth-order valence-electron chi connectivity index (χ4n) is 4.47. The van der Waals surface area contributed by atoms with Gasteiger partial charge in [-0.3, -0.25) is 0 Å². The first kappa shape index (κ1) is 27.6. The number of carbonyl (C=O) groups excluding carboxylic acids is 1. The highest BCUT2D eigenvalue weighted by atomic mass is 19.1. The van der Waals surface area contributed by atoms with Crippen molar-refractivity contribution in [3.05, 3.63) is 78.4 Å². The predicted octanol–water partition coefficient (Wildman–Crippen LogP) is 9.75. The first-order valence-electron chi connectivity index (χ1n) is 13.6. The molecule has 0 fully saturated rings. The number of ether oxygens (including phenoxy) is 1. The average molecular weight is 489 g/mol. The summed E-state index contributed by atoms with van der Waals surface area (Å²) in [6, 6.07) is 24.5. The van der Waals surface area contributed by atoms with Crippen LogP contribution in [0.5, 0.6) is 5.75 Å². The highest BCUT2D eigenvalue weighted by Crippen LogP contribution is 2.33. The third-order valence-electron chi connectivity index (χ3n) is 6.81. The largest absolute Gasteiger partial charge is 0.424 e. The van der Waals surface area contributed by atoms with E-state index < -0.39 is 11.6 Å². The van der Waals surface area contributed by atoms with Crippen molar-refractivity contribution < 1.29 is 13.9 Å². The van der Waals surface area contributed by atoms with E-state index in [2.05, 4.69) is 50.2 Å². The quantitative estimate of drug-likeness (QED) is 0.128. The van der Waals surface area contributed by atoms with Crippen LogP contribution >= 0.6 is 0 Å². The van der Waals surface area contributed by atoms with Crippen molar-refractivity contribution >= 4 is 5.97 Å². The van der Waals surface area contributed by atoms with Crippen LogP contribution in [0.1, 0.15) is 84.1 Å². The molecule has 3 rings (SSSR count). The normalized spacial score (nSPS) is 12.8. The molecule has 0 amide bonds. The van der Waals surface area contributed by atoms with E-state index in [1.165, 1.54) is 50.2 Å². The Bertz CT molecular complexity index is 1070. The van der Waals surface area contributed by atoms with Crippen molar-refractivity contribution in [3.63, 3.8) is 0 Å². The van der Waals surface area contributed by atoms with Crippen LogP contribution in [0, 0.1) is 0 Å². The minimum atomic E-state index is -1.97. The molecule has 0 aromatic heterocycles. The summed E-state index contributed by atoms with van der Waals surface area (Å²) in [5.74, 6) is -0.444. The number of hydrogen-bond donors (Lipinski definition) is 0. The van der Waals surface area contributed by atoms with Crippen molar-refractivity contribution in [2.75, 3.05) is 0 Å². The fourth-order valence-corrected chi connectivity index (χ4v) is 4.47. The summed E-state index contributed by atoms with van der Waals surface area (Å²) in [4.78, 5) is 12.5. The molecule has 0 radical (unpaired) electrons. The molecule has 0 aliphatic rings. The Morgan fingerprint density at radius 3 is 1.83 bits per heavy atom. The first-order chi connectivity index (χ1) is 17.4. The topological polar surface area (TPSA) is 26.3 Å². The lowest BCUT2D eigenvalue weighted by Gasteiger charge is -2.18. The lowest BCUT2D eigenvalue weighted by molar-refractivity contribution is -0.147. The monoisotopic (exact) mass is 488 g/mol. The molecular weight excluding hydrogens is 447 g/mol. The van der Waals surface area contributed by atoms with Crippen LogP contribution in [-0.2, 0) is 11.2 Å². The molecule has 0 aliphatic carbocycles. The van der Waals surface area contributed by atoms with E-state index in [1.807, 2.05) is 24.3 Å². The Balaban J connectivity index is 1.64. The highest BCUT2D eigenvalue weighted by molar-refractivity contribution is 5.84. The maximum Gasteiger partial charge on any atom is 0.348 e. The molecule has 0 saturated carbocycles. The Labute approximate surface area is 216 Å². The molecule has 0 aliphatic heterocycles. The standard InChI is InChI=1S/C33H41FO2/c1-4-6-8-9-10-13-25-33(3,34)32(35)36-29-23-21-28(22-24-29)31-16-12-11-15-30(31)27-19-17-26(18-20-27)14-7-5-2/h11-12,15-24H,4-10,13-14,25H2,1-3H3. The van der Waals surface area contributed by atoms with Gasteiger partial charge in [0.05, 0.1) is 0 Å². The van der Waals surface area contributed by atoms with Crippen molar-refractivity contribution in [3.8, 4) is 28.0 Å². The second-order valence-electron chi connectivity index (χ2n) is 9.98. The maximum atomic E-state index is 15.0. The molecule has 192 valence electrons. The number of unbranched alkanes of at least 4 members (excludes halogenated alkanes) is 6. The van der Waals surface area contributed by atoms with Gasteiger partial charge >= 0.3 is 5.97 Å². The Morgan fingerprint density at radius 2 is 1.25 bits per heavy atom. The molecule has 0 spiro atoms. The molecule has 1 atom stereocenters. The van der Waals surface area contributed by atoms with Crippen molar-refractivity contribution in [1.82, 2.24) is 0 Å². The van der Waals surface area contributed by atoms with Crippen molar-refractivity contribution in [1.29, 1.82) is 0 Å². The summed E-state index contributed by atoms with van der Waals surface area (Å²) in [6.07, 6.45) is 9.99. The van der Waals surface area contributed by atoms with Gasteiger partial charge in [0.1, 0.15) is 5.75 Å². The van der Waals surface area contributed by atoms with Crippen molar-refractivity contribution in [2.24, 2.45) is 0 Å². The fraction of sp³-hybridized carbons (Fsp3) is 0.424. The first-order valence-corrected chi connectivity index (χ1v) is 13.6. The second-order valence-corrected chi connectivity index (χ2v) is 9.98. The highest BCUT2D eigenvalue weighted by Gasteiger charge is 2.34. The number of benzene rings is 3. The SMILES string of the molecule is CCCCCCCCC(C)(F)C(=O)Oc1ccc(-c2ccccc2-c2ccc(CCCC)cc2)cc1. The second kappa shape index (κ2) is 14.0. The third kappa shape index (κ3) is 8.05. The number of rotatable bonds is 14. The zero-order valence-electron chi connectivity index (χ0n) is 22.2. The predicted molar refractivity (Wildman–Crippen MR) is 149 cm³/mol. The number of aryl methyl sites for hydroxylation is 1. The van der Waals surface area contributed by atoms with Gasteiger partial charge in [0.25, 0.3) is 0 Å². The number of hydrogen-bond acceptors (Lipinski definition) is 2. The van der Waals surface area contributed by atoms with Crippen LogP contribution in [0.15, 0.2) is 72.8 Å². The van der Waals surface area contributed by atoms with Gasteiger partial charge in [0.15, 0.2) is 0 Å². The van der Waals surface area contributed by atoms with Crippen LogP contribution in [0.4, 0.5) is 4.39 Å². The van der Waals surface area contributed by atoms with Gasteiger partial charge in [-0.15, -0.1) is 0 Å². The van der Waals surface area contributed by atoms with Crippen LogP contribution in [0.2, 0.25) is 0 Å². The number of carbonyl (C=O) groups is 1. The van der Waals surface area contributed by atoms with E-state index in [9.17, 15) is 9.18 Å². The lowest BCUT2D eigenvalue weighted by Crippen LogP contribution is -2.34. The Morgan fingerprint density at radius 1 is 0.722 bits per heavy atom. The van der Waals surface area contributed by atoms with Gasteiger partial charge < -0.3 is 4.74 Å². The molecule has 0 saturated heterocycles. The van der Waals surface area contributed by atoms with Gasteiger partial charge in [-0.05, 0) is 72.6 Å². The molecule has 3 aromatic carbocycles. The van der Waals surface area contributed by atoms with Crippen LogP contribution in [-0.4, -0.2) is 11.6 Å². The molecule has 2 nitrogen and oxygen atoms in total. The van der Waals surface area contributed by atoms with Crippen molar-refractivity contribution in [2.45, 2.75) is 90.6 Å². The zero-order chi connectivity index (χ0) is 25.8. The number of esters is 1. The van der Waals surface area contributed by atoms with Gasteiger partial charge in [0.2, 0.25) is 5.67 Å². The summed E-state index contributed by atoms with van der Waals surface area (Å²) in [7, 11) is 0. The van der Waals surface area contributed by atoms with E-state index in [-0.39, 0.29) is 6.42 Å². The molecule has 3 aromatic rings. The maximum absolute atomic E-state index is 15.0. The summed E-state index contributed by atoms with van der Waals surface area (Å²) < 4.78 is 20.4. The summed E-state index contributed by atoms with van der Waals surface area (Å²) in [5.41, 5.74) is 3.84. The molecule has 0 heterocycles. The zero-order valence-corrected chi connectivity index (χ0v) is 22.2. The van der Waals surface area contributed by atoms with Gasteiger partial charge in [-0.25, -0.2) is 9.18 Å². The molecular formula is C33H41FO2. The average Bonchev–Trinajstić information content (AvgIpc) is 2.90. The van der Waals surface area contributed by atoms with E-state index in [0.717, 1.165) is 36.0 Å². The van der Waals surface area contributed by atoms with Gasteiger partial charge in [-0.1, -0.05) is 113 Å². The summed E-state index contributed by atoms with van der Waals surface area (Å²) >= 11 is 0. The van der Waals surface area contributed by atoms with Crippen LogP contribution < -0.4 is 4.74 Å². The van der Waals surface area contributed by atoms with E-state index in [1.54, 1.807) is 12.1 Å². The summed E-state index contributed by atoms with van der Waals surface area (Å²) in [5, 5.41) is 0. The Hall–Kier alpha value is -2.94. The number of halogens is 1. The third-order valence-corrected chi connectivity index (χ3v) is 6.81. The molecule has 36 heavy (non-hydrogen) atoms. The minimum absolute atomic E-state index is 0.195. The van der Waals surface area contributed by atoms with Crippen LogP contribution in [0.3, 0.4) is 0 Å².